The van der Waals surface area contributed by atoms with Gasteiger partial charge in [-0.2, -0.15) is 0 Å². The molecule has 2 heterocycles. The molecule has 0 unspecified atom stereocenters. The highest BCUT2D eigenvalue weighted by Gasteiger charge is 2.09. The third-order valence-corrected chi connectivity index (χ3v) is 2.54. The largest absolute Gasteiger partial charge is 0.382 e. The van der Waals surface area contributed by atoms with Crippen LogP contribution in [0.15, 0.2) is 12.3 Å². The third kappa shape index (κ3) is 2.27. The van der Waals surface area contributed by atoms with Crippen molar-refractivity contribution in [1.82, 2.24) is 19.7 Å². The summed E-state index contributed by atoms with van der Waals surface area (Å²) < 4.78 is 1.70. The molecule has 2 aromatic rings. The van der Waals surface area contributed by atoms with Crippen LogP contribution in [0.2, 0.25) is 0 Å². The molecule has 0 aromatic carbocycles. The van der Waals surface area contributed by atoms with Gasteiger partial charge in [0.15, 0.2) is 5.82 Å². The third-order valence-electron chi connectivity index (χ3n) is 2.54. The van der Waals surface area contributed by atoms with E-state index in [0.717, 1.165) is 22.9 Å². The molecule has 0 aliphatic rings. The maximum absolute atomic E-state index is 5.74. The first kappa shape index (κ1) is 11.6. The van der Waals surface area contributed by atoms with Gasteiger partial charge in [0.2, 0.25) is 0 Å². The summed E-state index contributed by atoms with van der Waals surface area (Å²) in [5, 5.41) is 4.23. The molecule has 0 radical (unpaired) electrons. The number of nitrogens with zero attached hydrogens (tertiary/aromatic N) is 4. The van der Waals surface area contributed by atoms with Crippen molar-refractivity contribution in [3.63, 3.8) is 0 Å². The van der Waals surface area contributed by atoms with Crippen LogP contribution in [0.5, 0.6) is 0 Å². The van der Waals surface area contributed by atoms with Crippen LogP contribution in [0.1, 0.15) is 36.8 Å². The predicted octanol–water partition coefficient (Wildman–Crippen LogP) is 1.98. The van der Waals surface area contributed by atoms with Gasteiger partial charge in [0.1, 0.15) is 11.6 Å². The topological polar surface area (TPSA) is 69.6 Å². The molecule has 0 saturated carbocycles. The Kier molecular flexibility index (Phi) is 2.83. The van der Waals surface area contributed by atoms with Crippen molar-refractivity contribution in [1.29, 1.82) is 0 Å². The van der Waals surface area contributed by atoms with Crippen molar-refractivity contribution in [2.24, 2.45) is 0 Å². The van der Waals surface area contributed by atoms with E-state index in [4.69, 9.17) is 5.73 Å². The van der Waals surface area contributed by atoms with Crippen LogP contribution in [0.3, 0.4) is 0 Å². The lowest BCUT2D eigenvalue weighted by atomic mass is 10.2. The molecule has 90 valence electrons. The average Bonchev–Trinajstić information content (AvgIpc) is 2.58. The molecule has 2 N–H and O–H groups in total. The first-order chi connectivity index (χ1) is 7.97. The van der Waals surface area contributed by atoms with Crippen LogP contribution in [0, 0.1) is 13.8 Å². The summed E-state index contributed by atoms with van der Waals surface area (Å²) in [4.78, 5) is 8.90. The van der Waals surface area contributed by atoms with Crippen LogP contribution in [-0.4, -0.2) is 19.7 Å². The molecule has 0 amide bonds. The van der Waals surface area contributed by atoms with Gasteiger partial charge in [0.25, 0.3) is 0 Å². The molecule has 2 aromatic heterocycles. The van der Waals surface area contributed by atoms with E-state index in [0.29, 0.717) is 11.7 Å². The summed E-state index contributed by atoms with van der Waals surface area (Å²) >= 11 is 0. The number of hydrogen-bond donors (Lipinski definition) is 1. The second kappa shape index (κ2) is 4.16. The molecule has 0 atom stereocenters. The van der Waals surface area contributed by atoms with Crippen LogP contribution in [-0.2, 0) is 0 Å². The summed E-state index contributed by atoms with van der Waals surface area (Å²) in [7, 11) is 0. The van der Waals surface area contributed by atoms with Gasteiger partial charge in [-0.3, -0.25) is 0 Å². The zero-order valence-corrected chi connectivity index (χ0v) is 10.6. The Morgan fingerprint density at radius 2 is 1.94 bits per heavy atom. The molecular formula is C12H17N5. The van der Waals surface area contributed by atoms with E-state index in [1.165, 1.54) is 0 Å². The number of anilines is 1. The number of aryl methyl sites for hydroxylation is 2. The first-order valence-electron chi connectivity index (χ1n) is 5.65. The zero-order valence-electron chi connectivity index (χ0n) is 10.6. The number of aromatic nitrogens is 4. The number of rotatable bonds is 2. The fourth-order valence-electron chi connectivity index (χ4n) is 1.54. The van der Waals surface area contributed by atoms with E-state index < -0.39 is 0 Å². The van der Waals surface area contributed by atoms with E-state index in [-0.39, 0.29) is 0 Å². The smallest absolute Gasteiger partial charge is 0.157 e. The molecule has 0 fully saturated rings. The Morgan fingerprint density at radius 1 is 1.24 bits per heavy atom. The standard InChI is InChI=1S/C12H17N5/c1-7(2)12-14-9(4)5-10(15-12)17-6-8(3)11(13)16-17/h5-7H,1-4H3,(H2,13,16). The van der Waals surface area contributed by atoms with Crippen molar-refractivity contribution in [2.75, 3.05) is 5.73 Å². The fourth-order valence-corrected chi connectivity index (χ4v) is 1.54. The maximum Gasteiger partial charge on any atom is 0.157 e. The molecule has 5 heteroatoms. The van der Waals surface area contributed by atoms with Crippen molar-refractivity contribution in [2.45, 2.75) is 33.6 Å². The molecule has 2 rings (SSSR count). The van der Waals surface area contributed by atoms with Gasteiger partial charge in [0, 0.05) is 29.4 Å². The number of hydrogen-bond acceptors (Lipinski definition) is 4. The minimum Gasteiger partial charge on any atom is -0.382 e. The Bertz CT molecular complexity index is 522. The lowest BCUT2D eigenvalue weighted by Crippen LogP contribution is -2.06. The van der Waals surface area contributed by atoms with Crippen molar-refractivity contribution < 1.29 is 0 Å². The fraction of sp³-hybridized carbons (Fsp3) is 0.417. The van der Waals surface area contributed by atoms with Crippen LogP contribution < -0.4 is 5.73 Å². The highest BCUT2D eigenvalue weighted by molar-refractivity contribution is 5.39. The SMILES string of the molecule is Cc1cc(-n2cc(C)c(N)n2)nc(C(C)C)n1. The molecule has 0 aliphatic heterocycles. The van der Waals surface area contributed by atoms with Crippen LogP contribution in [0.4, 0.5) is 5.82 Å². The van der Waals surface area contributed by atoms with Crippen LogP contribution in [0.25, 0.3) is 5.82 Å². The van der Waals surface area contributed by atoms with E-state index in [9.17, 15) is 0 Å². The Labute approximate surface area is 101 Å². The zero-order chi connectivity index (χ0) is 12.6. The van der Waals surface area contributed by atoms with Crippen molar-refractivity contribution >= 4 is 5.82 Å². The summed E-state index contributed by atoms with van der Waals surface area (Å²) in [6.45, 7) is 8.02. The van der Waals surface area contributed by atoms with Crippen molar-refractivity contribution in [3.05, 3.63) is 29.3 Å². The Morgan fingerprint density at radius 3 is 2.47 bits per heavy atom. The minimum atomic E-state index is 0.294. The molecule has 17 heavy (non-hydrogen) atoms. The van der Waals surface area contributed by atoms with Crippen molar-refractivity contribution in [3.8, 4) is 5.82 Å². The molecule has 0 bridgehead atoms. The van der Waals surface area contributed by atoms with E-state index in [1.807, 2.05) is 26.1 Å². The van der Waals surface area contributed by atoms with Crippen LogP contribution >= 0.6 is 0 Å². The second-order valence-electron chi connectivity index (χ2n) is 4.52. The van der Waals surface area contributed by atoms with Gasteiger partial charge in [-0.1, -0.05) is 13.8 Å². The highest BCUT2D eigenvalue weighted by atomic mass is 15.3. The Balaban J connectivity index is 2.51. The van der Waals surface area contributed by atoms with Gasteiger partial charge in [-0.25, -0.2) is 14.6 Å². The normalized spacial score (nSPS) is 11.1. The van der Waals surface area contributed by atoms with Gasteiger partial charge >= 0.3 is 0 Å². The quantitative estimate of drug-likeness (QED) is 0.858. The molecule has 5 nitrogen and oxygen atoms in total. The first-order valence-corrected chi connectivity index (χ1v) is 5.65. The Hall–Kier alpha value is -1.91. The van der Waals surface area contributed by atoms with E-state index in [2.05, 4.69) is 28.9 Å². The van der Waals surface area contributed by atoms with Gasteiger partial charge in [-0.05, 0) is 13.8 Å². The number of nitrogens with two attached hydrogens (primary N) is 1. The highest BCUT2D eigenvalue weighted by Crippen LogP contribution is 2.15. The summed E-state index contributed by atoms with van der Waals surface area (Å²) in [5.41, 5.74) is 7.63. The lowest BCUT2D eigenvalue weighted by Gasteiger charge is -2.07. The average molecular weight is 231 g/mol. The minimum absolute atomic E-state index is 0.294. The molecule has 0 aliphatic carbocycles. The van der Waals surface area contributed by atoms with Gasteiger partial charge in [0.05, 0.1) is 0 Å². The van der Waals surface area contributed by atoms with Gasteiger partial charge < -0.3 is 5.73 Å². The summed E-state index contributed by atoms with van der Waals surface area (Å²) in [5.74, 6) is 2.42. The molecule has 0 saturated heterocycles. The maximum atomic E-state index is 5.74. The second-order valence-corrected chi connectivity index (χ2v) is 4.52. The van der Waals surface area contributed by atoms with E-state index in [1.54, 1.807) is 4.68 Å². The molecular weight excluding hydrogens is 214 g/mol. The summed E-state index contributed by atoms with van der Waals surface area (Å²) in [6.07, 6.45) is 1.88. The van der Waals surface area contributed by atoms with Gasteiger partial charge in [-0.15, -0.1) is 5.10 Å². The predicted molar refractivity (Wildman–Crippen MR) is 67.1 cm³/mol. The summed E-state index contributed by atoms with van der Waals surface area (Å²) in [6, 6.07) is 1.90. The number of nitrogen functional groups attached to an aromatic ring is 1. The lowest BCUT2D eigenvalue weighted by molar-refractivity contribution is 0.739. The van der Waals surface area contributed by atoms with E-state index >= 15 is 0 Å². The monoisotopic (exact) mass is 231 g/mol. The molecule has 0 spiro atoms.